The third-order valence-electron chi connectivity index (χ3n) is 4.99. The van der Waals surface area contributed by atoms with Crippen LogP contribution < -0.4 is 5.73 Å². The first-order valence-electron chi connectivity index (χ1n) is 7.91. The molecule has 2 rings (SSSR count). The maximum absolute atomic E-state index is 12.9. The molecule has 0 unspecified atom stereocenters. The smallest absolute Gasteiger partial charge is 0.236 e. The van der Waals surface area contributed by atoms with Crippen LogP contribution in [0.2, 0.25) is 0 Å². The molecule has 120 valence electrons. The largest absolute Gasteiger partial charge is 0.409 e. The molecular formula is C15H28N4O2. The first-order valence-corrected chi connectivity index (χ1v) is 7.91. The summed E-state index contributed by atoms with van der Waals surface area (Å²) in [5.41, 5.74) is 5.11. The Bertz CT molecular complexity index is 394. The highest BCUT2D eigenvalue weighted by Gasteiger charge is 2.47. The van der Waals surface area contributed by atoms with Gasteiger partial charge in [0.1, 0.15) is 5.41 Å². The molecule has 1 saturated carbocycles. The molecule has 1 aliphatic heterocycles. The SMILES string of the molecule is CN(C)CC1CCN(C(=O)C2(C(N)=NO)CCCC2)CC1. The van der Waals surface area contributed by atoms with Crippen LogP contribution in [0.4, 0.5) is 0 Å². The van der Waals surface area contributed by atoms with Crippen LogP contribution in [-0.4, -0.2) is 60.5 Å². The molecule has 21 heavy (non-hydrogen) atoms. The Morgan fingerprint density at radius 2 is 1.90 bits per heavy atom. The predicted molar refractivity (Wildman–Crippen MR) is 82.2 cm³/mol. The van der Waals surface area contributed by atoms with Gasteiger partial charge in [0.15, 0.2) is 5.84 Å². The van der Waals surface area contributed by atoms with Gasteiger partial charge in [-0.05, 0) is 45.7 Å². The van der Waals surface area contributed by atoms with E-state index in [4.69, 9.17) is 10.9 Å². The zero-order valence-corrected chi connectivity index (χ0v) is 13.2. The number of carbonyl (C=O) groups is 1. The number of rotatable bonds is 4. The number of nitrogens with zero attached hydrogens (tertiary/aromatic N) is 3. The van der Waals surface area contributed by atoms with Gasteiger partial charge in [0.2, 0.25) is 5.91 Å². The Morgan fingerprint density at radius 3 is 2.38 bits per heavy atom. The van der Waals surface area contributed by atoms with Gasteiger partial charge in [-0.2, -0.15) is 0 Å². The van der Waals surface area contributed by atoms with Crippen LogP contribution in [0.5, 0.6) is 0 Å². The van der Waals surface area contributed by atoms with E-state index in [0.29, 0.717) is 18.8 Å². The molecule has 2 aliphatic rings. The number of carbonyl (C=O) groups excluding carboxylic acids is 1. The van der Waals surface area contributed by atoms with Gasteiger partial charge in [0.25, 0.3) is 0 Å². The Labute approximate surface area is 127 Å². The van der Waals surface area contributed by atoms with Crippen LogP contribution in [0.1, 0.15) is 38.5 Å². The van der Waals surface area contributed by atoms with Crippen molar-refractivity contribution in [2.45, 2.75) is 38.5 Å². The molecule has 1 amide bonds. The van der Waals surface area contributed by atoms with Gasteiger partial charge in [-0.1, -0.05) is 18.0 Å². The summed E-state index contributed by atoms with van der Waals surface area (Å²) in [4.78, 5) is 17.0. The van der Waals surface area contributed by atoms with Crippen LogP contribution in [0.25, 0.3) is 0 Å². The number of oxime groups is 1. The molecule has 0 atom stereocenters. The minimum Gasteiger partial charge on any atom is -0.409 e. The average molecular weight is 296 g/mol. The summed E-state index contributed by atoms with van der Waals surface area (Å²) >= 11 is 0. The highest BCUT2D eigenvalue weighted by Crippen LogP contribution is 2.40. The van der Waals surface area contributed by atoms with Gasteiger partial charge in [-0.25, -0.2) is 0 Å². The first kappa shape index (κ1) is 16.1. The Balaban J connectivity index is 2.00. The lowest BCUT2D eigenvalue weighted by Gasteiger charge is -2.38. The molecule has 0 spiro atoms. The van der Waals surface area contributed by atoms with Crippen LogP contribution in [-0.2, 0) is 4.79 Å². The Morgan fingerprint density at radius 1 is 1.33 bits per heavy atom. The number of amidine groups is 1. The summed E-state index contributed by atoms with van der Waals surface area (Å²) in [5, 5.41) is 12.2. The van der Waals surface area contributed by atoms with Gasteiger partial charge in [0.05, 0.1) is 0 Å². The molecule has 1 saturated heterocycles. The van der Waals surface area contributed by atoms with E-state index in [1.807, 2.05) is 4.90 Å². The Kier molecular flexibility index (Phi) is 5.08. The topological polar surface area (TPSA) is 82.2 Å². The summed E-state index contributed by atoms with van der Waals surface area (Å²) in [6.07, 6.45) is 5.43. The molecule has 0 aromatic heterocycles. The van der Waals surface area contributed by atoms with E-state index in [1.165, 1.54) is 0 Å². The van der Waals surface area contributed by atoms with Crippen LogP contribution in [0, 0.1) is 11.3 Å². The predicted octanol–water partition coefficient (Wildman–Crippen LogP) is 1.09. The summed E-state index contributed by atoms with van der Waals surface area (Å²) in [7, 11) is 4.17. The number of amides is 1. The molecule has 0 radical (unpaired) electrons. The van der Waals surface area contributed by atoms with Crippen molar-refractivity contribution in [3.63, 3.8) is 0 Å². The third kappa shape index (κ3) is 3.31. The number of nitrogens with two attached hydrogens (primary N) is 1. The number of piperidine rings is 1. The van der Waals surface area contributed by atoms with Crippen LogP contribution in [0.3, 0.4) is 0 Å². The van der Waals surface area contributed by atoms with Crippen molar-refractivity contribution in [3.05, 3.63) is 0 Å². The van der Waals surface area contributed by atoms with E-state index >= 15 is 0 Å². The van der Waals surface area contributed by atoms with Crippen molar-refractivity contribution in [1.29, 1.82) is 0 Å². The summed E-state index contributed by atoms with van der Waals surface area (Å²) in [5.74, 6) is 0.825. The molecule has 0 aromatic rings. The lowest BCUT2D eigenvalue weighted by molar-refractivity contribution is -0.139. The molecule has 2 fully saturated rings. The van der Waals surface area contributed by atoms with Crippen molar-refractivity contribution < 1.29 is 10.0 Å². The highest BCUT2D eigenvalue weighted by atomic mass is 16.4. The minimum atomic E-state index is -0.747. The Hall–Kier alpha value is -1.30. The quantitative estimate of drug-likeness (QED) is 0.352. The summed E-state index contributed by atoms with van der Waals surface area (Å²) < 4.78 is 0. The third-order valence-corrected chi connectivity index (χ3v) is 4.99. The molecule has 0 bridgehead atoms. The molecule has 6 heteroatoms. The van der Waals surface area contributed by atoms with Gasteiger partial charge in [-0.3, -0.25) is 4.79 Å². The normalized spacial score (nSPS) is 23.8. The number of hydrogen-bond acceptors (Lipinski definition) is 4. The fourth-order valence-electron chi connectivity index (χ4n) is 3.79. The molecule has 6 nitrogen and oxygen atoms in total. The minimum absolute atomic E-state index is 0.0682. The van der Waals surface area contributed by atoms with Gasteiger partial charge < -0.3 is 20.7 Å². The van der Waals surface area contributed by atoms with Gasteiger partial charge in [0, 0.05) is 19.6 Å². The molecule has 3 N–H and O–H groups in total. The van der Waals surface area contributed by atoms with Crippen molar-refractivity contribution in [2.24, 2.45) is 22.2 Å². The van der Waals surface area contributed by atoms with Gasteiger partial charge >= 0.3 is 0 Å². The number of likely N-dealkylation sites (tertiary alicyclic amines) is 1. The molecule has 1 aliphatic carbocycles. The van der Waals surface area contributed by atoms with E-state index in [2.05, 4.69) is 24.2 Å². The molecular weight excluding hydrogens is 268 g/mol. The maximum Gasteiger partial charge on any atom is 0.236 e. The monoisotopic (exact) mass is 296 g/mol. The van der Waals surface area contributed by atoms with E-state index < -0.39 is 5.41 Å². The molecule has 1 heterocycles. The standard InChI is InChI=1S/C15H28N4O2/c1-18(2)11-12-5-9-19(10-6-12)14(20)15(13(16)17-21)7-3-4-8-15/h12,21H,3-11H2,1-2H3,(H2,16,17). The fourth-order valence-corrected chi connectivity index (χ4v) is 3.79. The summed E-state index contributed by atoms with van der Waals surface area (Å²) in [6, 6.07) is 0. The van der Waals surface area contributed by atoms with E-state index in [-0.39, 0.29) is 11.7 Å². The van der Waals surface area contributed by atoms with Crippen LogP contribution >= 0.6 is 0 Å². The number of hydrogen-bond donors (Lipinski definition) is 2. The lowest BCUT2D eigenvalue weighted by atomic mass is 9.82. The highest BCUT2D eigenvalue weighted by molar-refractivity contribution is 6.07. The van der Waals surface area contributed by atoms with Crippen LogP contribution in [0.15, 0.2) is 5.16 Å². The lowest BCUT2D eigenvalue weighted by Crippen LogP contribution is -2.52. The second kappa shape index (κ2) is 6.64. The van der Waals surface area contributed by atoms with E-state index in [9.17, 15) is 4.79 Å². The van der Waals surface area contributed by atoms with E-state index in [1.54, 1.807) is 0 Å². The second-order valence-electron chi connectivity index (χ2n) is 6.77. The molecule has 0 aromatic carbocycles. The van der Waals surface area contributed by atoms with Crippen molar-refractivity contribution in [1.82, 2.24) is 9.80 Å². The first-order chi connectivity index (χ1) is 9.99. The maximum atomic E-state index is 12.9. The van der Waals surface area contributed by atoms with Crippen molar-refractivity contribution >= 4 is 11.7 Å². The summed E-state index contributed by atoms with van der Waals surface area (Å²) in [6.45, 7) is 2.66. The van der Waals surface area contributed by atoms with Crippen molar-refractivity contribution in [2.75, 3.05) is 33.7 Å². The fraction of sp³-hybridized carbons (Fsp3) is 0.867. The second-order valence-corrected chi connectivity index (χ2v) is 6.77. The van der Waals surface area contributed by atoms with E-state index in [0.717, 1.165) is 45.3 Å². The average Bonchev–Trinajstić information content (AvgIpc) is 2.96. The zero-order valence-electron chi connectivity index (χ0n) is 13.2. The van der Waals surface area contributed by atoms with Gasteiger partial charge in [-0.15, -0.1) is 0 Å². The van der Waals surface area contributed by atoms with Crippen molar-refractivity contribution in [3.8, 4) is 0 Å². The zero-order chi connectivity index (χ0) is 15.5.